The summed E-state index contributed by atoms with van der Waals surface area (Å²) in [5.74, 6) is 0. The maximum Gasteiger partial charge on any atom is 0.267 e. The van der Waals surface area contributed by atoms with Crippen molar-refractivity contribution in [2.45, 2.75) is 20.4 Å². The Hall–Kier alpha value is -2.39. The lowest BCUT2D eigenvalue weighted by Gasteiger charge is -2.09. The van der Waals surface area contributed by atoms with Gasteiger partial charge in [0.1, 0.15) is 0 Å². The van der Waals surface area contributed by atoms with Crippen molar-refractivity contribution in [3.8, 4) is 11.3 Å². The van der Waals surface area contributed by atoms with E-state index in [0.717, 1.165) is 16.8 Å². The average molecular weight is 325 g/mol. The van der Waals surface area contributed by atoms with Crippen LogP contribution < -0.4 is 5.56 Å². The minimum absolute atomic E-state index is 0.118. The predicted octanol–water partition coefficient (Wildman–Crippen LogP) is 4.23. The van der Waals surface area contributed by atoms with Crippen LogP contribution >= 0.6 is 11.6 Å². The van der Waals surface area contributed by atoms with Crippen molar-refractivity contribution in [1.82, 2.24) is 9.78 Å². The molecular weight excluding hydrogens is 308 g/mol. The molecule has 4 heteroatoms. The van der Waals surface area contributed by atoms with Crippen LogP contribution in [0.4, 0.5) is 0 Å². The summed E-state index contributed by atoms with van der Waals surface area (Å²) in [5.41, 5.74) is 5.12. The third-order valence-corrected chi connectivity index (χ3v) is 4.17. The molecule has 0 aliphatic carbocycles. The van der Waals surface area contributed by atoms with E-state index in [9.17, 15) is 4.79 Å². The Morgan fingerprint density at radius 1 is 0.957 bits per heavy atom. The maximum absolute atomic E-state index is 12.1. The standard InChI is InChI=1S/C19H17ClN2O/c1-13-3-6-16(11-14(13)2)18-9-10-19(23)22(21-18)12-15-4-7-17(20)8-5-15/h3-11H,12H2,1-2H3. The molecule has 0 N–H and O–H groups in total. The first-order chi connectivity index (χ1) is 11.0. The zero-order valence-electron chi connectivity index (χ0n) is 13.1. The van der Waals surface area contributed by atoms with Gasteiger partial charge in [0.05, 0.1) is 12.2 Å². The van der Waals surface area contributed by atoms with Crippen LogP contribution in [0.15, 0.2) is 59.4 Å². The number of halogens is 1. The van der Waals surface area contributed by atoms with E-state index in [2.05, 4.69) is 31.1 Å². The number of aromatic nitrogens is 2. The molecule has 0 bridgehead atoms. The smallest absolute Gasteiger partial charge is 0.267 e. The van der Waals surface area contributed by atoms with Crippen LogP contribution in [0, 0.1) is 13.8 Å². The highest BCUT2D eigenvalue weighted by molar-refractivity contribution is 6.30. The van der Waals surface area contributed by atoms with E-state index in [-0.39, 0.29) is 5.56 Å². The molecule has 23 heavy (non-hydrogen) atoms. The van der Waals surface area contributed by atoms with Gasteiger partial charge in [-0.3, -0.25) is 4.79 Å². The highest BCUT2D eigenvalue weighted by atomic mass is 35.5. The molecule has 1 aromatic heterocycles. The van der Waals surface area contributed by atoms with Gasteiger partial charge in [0, 0.05) is 16.7 Å². The second kappa shape index (κ2) is 6.39. The quantitative estimate of drug-likeness (QED) is 0.722. The van der Waals surface area contributed by atoms with Crippen LogP contribution in [0.1, 0.15) is 16.7 Å². The summed E-state index contributed by atoms with van der Waals surface area (Å²) < 4.78 is 1.48. The molecule has 3 rings (SSSR count). The van der Waals surface area contributed by atoms with E-state index < -0.39 is 0 Å². The van der Waals surface area contributed by atoms with E-state index in [0.29, 0.717) is 11.6 Å². The van der Waals surface area contributed by atoms with Crippen molar-refractivity contribution in [1.29, 1.82) is 0 Å². The number of nitrogens with zero attached hydrogens (tertiary/aromatic N) is 2. The Morgan fingerprint density at radius 3 is 2.39 bits per heavy atom. The lowest BCUT2D eigenvalue weighted by Crippen LogP contribution is -2.22. The summed E-state index contributed by atoms with van der Waals surface area (Å²) in [6.45, 7) is 4.57. The minimum atomic E-state index is -0.118. The van der Waals surface area contributed by atoms with E-state index in [4.69, 9.17) is 11.6 Å². The maximum atomic E-state index is 12.1. The highest BCUT2D eigenvalue weighted by Crippen LogP contribution is 2.19. The molecule has 0 radical (unpaired) electrons. The van der Waals surface area contributed by atoms with Gasteiger partial charge in [-0.1, -0.05) is 35.9 Å². The van der Waals surface area contributed by atoms with Crippen molar-refractivity contribution in [2.24, 2.45) is 0 Å². The van der Waals surface area contributed by atoms with Gasteiger partial charge in [0.2, 0.25) is 0 Å². The summed E-state index contributed by atoms with van der Waals surface area (Å²) in [4.78, 5) is 12.1. The summed E-state index contributed by atoms with van der Waals surface area (Å²) >= 11 is 5.89. The number of hydrogen-bond donors (Lipinski definition) is 0. The molecule has 0 unspecified atom stereocenters. The van der Waals surface area contributed by atoms with Crippen LogP contribution in [0.2, 0.25) is 5.02 Å². The molecule has 0 amide bonds. The van der Waals surface area contributed by atoms with E-state index >= 15 is 0 Å². The topological polar surface area (TPSA) is 34.9 Å². The van der Waals surface area contributed by atoms with Crippen molar-refractivity contribution in [2.75, 3.05) is 0 Å². The fourth-order valence-corrected chi connectivity index (χ4v) is 2.51. The molecule has 0 aliphatic rings. The van der Waals surface area contributed by atoms with Crippen molar-refractivity contribution >= 4 is 11.6 Å². The van der Waals surface area contributed by atoms with Crippen LogP contribution in [0.25, 0.3) is 11.3 Å². The molecule has 0 atom stereocenters. The molecule has 0 spiro atoms. The monoisotopic (exact) mass is 324 g/mol. The zero-order valence-corrected chi connectivity index (χ0v) is 13.8. The Kier molecular flexibility index (Phi) is 4.30. The molecule has 116 valence electrons. The zero-order chi connectivity index (χ0) is 16.4. The number of benzene rings is 2. The fourth-order valence-electron chi connectivity index (χ4n) is 2.38. The normalized spacial score (nSPS) is 10.7. The molecule has 0 saturated heterocycles. The van der Waals surface area contributed by atoms with Crippen molar-refractivity contribution in [3.63, 3.8) is 0 Å². The lowest BCUT2D eigenvalue weighted by atomic mass is 10.0. The van der Waals surface area contributed by atoms with Gasteiger partial charge < -0.3 is 0 Å². The van der Waals surface area contributed by atoms with Crippen molar-refractivity contribution < 1.29 is 0 Å². The average Bonchev–Trinajstić information content (AvgIpc) is 2.54. The summed E-state index contributed by atoms with van der Waals surface area (Å²) in [7, 11) is 0. The lowest BCUT2D eigenvalue weighted by molar-refractivity contribution is 0.643. The Balaban J connectivity index is 1.97. The molecule has 0 aliphatic heterocycles. The third-order valence-electron chi connectivity index (χ3n) is 3.91. The van der Waals surface area contributed by atoms with Gasteiger partial charge >= 0.3 is 0 Å². The first-order valence-electron chi connectivity index (χ1n) is 7.43. The van der Waals surface area contributed by atoms with Crippen LogP contribution in [-0.4, -0.2) is 9.78 Å². The molecule has 3 nitrogen and oxygen atoms in total. The van der Waals surface area contributed by atoms with E-state index in [1.165, 1.54) is 15.8 Å². The van der Waals surface area contributed by atoms with Crippen LogP contribution in [0.3, 0.4) is 0 Å². The van der Waals surface area contributed by atoms with Gasteiger partial charge in [0.25, 0.3) is 5.56 Å². The first kappa shape index (κ1) is 15.5. The van der Waals surface area contributed by atoms with Gasteiger partial charge in [-0.25, -0.2) is 4.68 Å². The van der Waals surface area contributed by atoms with E-state index in [1.54, 1.807) is 12.1 Å². The molecule has 1 heterocycles. The summed E-state index contributed by atoms with van der Waals surface area (Å²) in [6.07, 6.45) is 0. The van der Waals surface area contributed by atoms with Gasteiger partial charge in [0.15, 0.2) is 0 Å². The highest BCUT2D eigenvalue weighted by Gasteiger charge is 2.05. The second-order valence-electron chi connectivity index (χ2n) is 5.64. The van der Waals surface area contributed by atoms with Gasteiger partial charge in [-0.05, 0) is 54.8 Å². The Labute approximate surface area is 140 Å². The molecule has 3 aromatic rings. The number of hydrogen-bond acceptors (Lipinski definition) is 2. The molecular formula is C19H17ClN2O. The molecule has 0 saturated carbocycles. The SMILES string of the molecule is Cc1ccc(-c2ccc(=O)n(Cc3ccc(Cl)cc3)n2)cc1C. The number of rotatable bonds is 3. The van der Waals surface area contributed by atoms with E-state index in [1.807, 2.05) is 30.3 Å². The molecule has 2 aromatic carbocycles. The minimum Gasteiger partial charge on any atom is -0.268 e. The predicted molar refractivity (Wildman–Crippen MR) is 94.0 cm³/mol. The fraction of sp³-hybridized carbons (Fsp3) is 0.158. The largest absolute Gasteiger partial charge is 0.268 e. The summed E-state index contributed by atoms with van der Waals surface area (Å²) in [5, 5.41) is 5.18. The Bertz CT molecular complexity index is 898. The van der Waals surface area contributed by atoms with Crippen LogP contribution in [-0.2, 0) is 6.54 Å². The molecule has 0 fully saturated rings. The third kappa shape index (κ3) is 3.51. The van der Waals surface area contributed by atoms with Gasteiger partial charge in [-0.15, -0.1) is 0 Å². The Morgan fingerprint density at radius 2 is 1.70 bits per heavy atom. The van der Waals surface area contributed by atoms with Crippen molar-refractivity contribution in [3.05, 3.63) is 86.7 Å². The first-order valence-corrected chi connectivity index (χ1v) is 7.81. The van der Waals surface area contributed by atoms with Crippen LogP contribution in [0.5, 0.6) is 0 Å². The number of aryl methyl sites for hydroxylation is 2. The second-order valence-corrected chi connectivity index (χ2v) is 6.08. The summed E-state index contributed by atoms with van der Waals surface area (Å²) in [6, 6.07) is 17.0. The van der Waals surface area contributed by atoms with Gasteiger partial charge in [-0.2, -0.15) is 5.10 Å².